The number of benzene rings is 1. The van der Waals surface area contributed by atoms with Crippen LogP contribution in [0.1, 0.15) is 99.1 Å². The Morgan fingerprint density at radius 2 is 0.837 bits per heavy atom. The zero-order valence-corrected chi connectivity index (χ0v) is 25.1. The van der Waals surface area contributed by atoms with E-state index in [4.69, 9.17) is 23.7 Å². The fraction of sp³-hybridized carbons (Fsp3) is 0.485. The molecule has 1 aromatic rings. The number of carbonyl (C=O) groups excluding carboxylic acids is 1. The monoisotopic (exact) mass is 602 g/mol. The second-order valence-electron chi connectivity index (χ2n) is 9.54. The maximum Gasteiger partial charge on any atom is 0.339 e. The van der Waals surface area contributed by atoms with Crippen LogP contribution in [0.5, 0.6) is 0 Å². The number of esters is 1. The number of aromatic carboxylic acids is 2. The van der Waals surface area contributed by atoms with E-state index in [-0.39, 0.29) is 41.7 Å². The number of hydrogen-bond donors (Lipinski definition) is 2. The first-order valence-corrected chi connectivity index (χ1v) is 14.6. The van der Waals surface area contributed by atoms with Gasteiger partial charge in [-0.2, -0.15) is 0 Å². The molecule has 0 bridgehead atoms. The minimum absolute atomic E-state index is 0.0205. The molecule has 0 atom stereocenters. The molecule has 43 heavy (non-hydrogen) atoms. The number of hydrogen-bond acceptors (Lipinski definition) is 8. The van der Waals surface area contributed by atoms with Crippen LogP contribution in [0.2, 0.25) is 0 Å². The summed E-state index contributed by atoms with van der Waals surface area (Å²) in [6, 6.07) is 0. The van der Waals surface area contributed by atoms with Crippen molar-refractivity contribution in [2.45, 2.75) is 70.6 Å². The van der Waals surface area contributed by atoms with Crippen LogP contribution in [0.15, 0.2) is 51.4 Å². The van der Waals surface area contributed by atoms with Crippen molar-refractivity contribution in [2.75, 3.05) is 33.0 Å². The highest BCUT2D eigenvalue weighted by atomic mass is 16.5. The molecule has 0 radical (unpaired) electrons. The first-order chi connectivity index (χ1) is 20.8. The van der Waals surface area contributed by atoms with Gasteiger partial charge >= 0.3 is 17.9 Å². The maximum absolute atomic E-state index is 13.6. The summed E-state index contributed by atoms with van der Waals surface area (Å²) in [4.78, 5) is 39.3. The molecular weight excluding hydrogens is 556 g/mol. The lowest BCUT2D eigenvalue weighted by molar-refractivity contribution is 0.0480. The van der Waals surface area contributed by atoms with Gasteiger partial charge in [0.2, 0.25) is 0 Å². The molecule has 0 aliphatic carbocycles. The smallest absolute Gasteiger partial charge is 0.339 e. The highest BCUT2D eigenvalue weighted by molar-refractivity contribution is 6.08. The molecule has 1 rings (SSSR count). The third-order valence-electron chi connectivity index (χ3n) is 6.63. The average Bonchev–Trinajstić information content (AvgIpc) is 2.98. The molecule has 238 valence electrons. The summed E-state index contributed by atoms with van der Waals surface area (Å²) >= 11 is 0. The van der Waals surface area contributed by atoms with Gasteiger partial charge in [-0.1, -0.05) is 26.3 Å². The van der Waals surface area contributed by atoms with E-state index in [1.54, 1.807) is 0 Å². The van der Waals surface area contributed by atoms with Crippen LogP contribution in [0.4, 0.5) is 0 Å². The van der Waals surface area contributed by atoms with Gasteiger partial charge in [0.1, 0.15) is 0 Å². The Morgan fingerprint density at radius 3 is 1.23 bits per heavy atom. The molecule has 0 amide bonds. The summed E-state index contributed by atoms with van der Waals surface area (Å²) in [5, 5.41) is 21.0. The van der Waals surface area contributed by atoms with Crippen LogP contribution in [0.25, 0.3) is 0 Å². The normalized spacial score (nSPS) is 10.3. The largest absolute Gasteiger partial charge is 0.502 e. The number of carbonyl (C=O) groups is 3. The fourth-order valence-electron chi connectivity index (χ4n) is 4.75. The summed E-state index contributed by atoms with van der Waals surface area (Å²) in [5.41, 5.74) is 0.474. The lowest BCUT2D eigenvalue weighted by Gasteiger charge is -2.23. The predicted octanol–water partition coefficient (Wildman–Crippen LogP) is 6.63. The van der Waals surface area contributed by atoms with Crippen molar-refractivity contribution in [1.29, 1.82) is 0 Å². The minimum atomic E-state index is -1.31. The van der Waals surface area contributed by atoms with Gasteiger partial charge in [-0.05, 0) is 87.3 Å². The lowest BCUT2D eigenvalue weighted by atomic mass is 9.81. The summed E-state index contributed by atoms with van der Waals surface area (Å²) in [5.74, 6) is -3.39. The zero-order chi connectivity index (χ0) is 31.9. The Balaban J connectivity index is 3.70. The van der Waals surface area contributed by atoms with Crippen LogP contribution in [0.3, 0.4) is 0 Å². The van der Waals surface area contributed by atoms with Crippen molar-refractivity contribution in [3.05, 3.63) is 84.7 Å². The average molecular weight is 603 g/mol. The van der Waals surface area contributed by atoms with Gasteiger partial charge < -0.3 is 33.9 Å². The highest BCUT2D eigenvalue weighted by Crippen LogP contribution is 2.33. The van der Waals surface area contributed by atoms with E-state index < -0.39 is 17.9 Å². The van der Waals surface area contributed by atoms with Crippen molar-refractivity contribution >= 4 is 17.9 Å². The zero-order valence-electron chi connectivity index (χ0n) is 25.1. The van der Waals surface area contributed by atoms with Crippen LogP contribution < -0.4 is 0 Å². The number of rotatable bonds is 27. The van der Waals surface area contributed by atoms with E-state index in [0.29, 0.717) is 95.3 Å². The van der Waals surface area contributed by atoms with E-state index in [1.807, 2.05) is 0 Å². The topological polar surface area (TPSA) is 138 Å². The molecule has 0 aliphatic heterocycles. The third kappa shape index (κ3) is 13.1. The first kappa shape index (κ1) is 36.8. The van der Waals surface area contributed by atoms with Crippen LogP contribution in [-0.2, 0) is 42.9 Å². The van der Waals surface area contributed by atoms with Gasteiger partial charge in [0.05, 0.1) is 74.8 Å². The van der Waals surface area contributed by atoms with Crippen molar-refractivity contribution in [3.63, 3.8) is 0 Å². The second-order valence-corrected chi connectivity index (χ2v) is 9.54. The Bertz CT molecular complexity index is 1080. The Morgan fingerprint density at radius 1 is 0.488 bits per heavy atom. The van der Waals surface area contributed by atoms with Gasteiger partial charge in [0.15, 0.2) is 0 Å². The summed E-state index contributed by atoms with van der Waals surface area (Å²) in [7, 11) is 0. The Labute approximate surface area is 254 Å². The number of ether oxygens (including phenoxy) is 5. The molecule has 0 fully saturated rings. The minimum Gasteiger partial charge on any atom is -0.502 e. The standard InChI is InChI=1S/C33H46O10/c1-5-39-20-12-9-17-25-26(18-10-13-21-40-6-2)29(32(36)37)30(33(38)43-24-16-15-23-42-8-4)27(28(25)31(34)35)19-11-14-22-41-7-3/h5-8H,1-4,9-24H2,(H,34,35)(H,36,37). The van der Waals surface area contributed by atoms with Crippen molar-refractivity contribution in [3.8, 4) is 0 Å². The molecule has 0 saturated heterocycles. The van der Waals surface area contributed by atoms with E-state index in [2.05, 4.69) is 26.3 Å². The highest BCUT2D eigenvalue weighted by Gasteiger charge is 2.33. The number of unbranched alkanes of at least 4 members (excludes halogenated alkanes) is 4. The van der Waals surface area contributed by atoms with Crippen LogP contribution in [-0.4, -0.2) is 61.2 Å². The van der Waals surface area contributed by atoms with Crippen LogP contribution >= 0.6 is 0 Å². The predicted molar refractivity (Wildman–Crippen MR) is 163 cm³/mol. The fourth-order valence-corrected chi connectivity index (χ4v) is 4.75. The number of carboxylic acid groups (broad SMARTS) is 2. The molecule has 10 heteroatoms. The summed E-state index contributed by atoms with van der Waals surface area (Å²) in [6.07, 6.45) is 10.3. The van der Waals surface area contributed by atoms with Crippen LogP contribution in [0, 0.1) is 0 Å². The molecule has 1 aromatic carbocycles. The van der Waals surface area contributed by atoms with E-state index in [0.717, 1.165) is 0 Å². The summed E-state index contributed by atoms with van der Waals surface area (Å²) in [6.45, 7) is 15.6. The van der Waals surface area contributed by atoms with Gasteiger partial charge in [-0.25, -0.2) is 14.4 Å². The van der Waals surface area contributed by atoms with Gasteiger partial charge in [-0.15, -0.1) is 0 Å². The Hall–Kier alpha value is -4.21. The molecule has 0 unspecified atom stereocenters. The molecular formula is C33H46O10. The van der Waals surface area contributed by atoms with Gasteiger partial charge in [0, 0.05) is 0 Å². The lowest BCUT2D eigenvalue weighted by Crippen LogP contribution is -2.24. The van der Waals surface area contributed by atoms with E-state index >= 15 is 0 Å². The molecule has 0 aliphatic rings. The molecule has 0 spiro atoms. The third-order valence-corrected chi connectivity index (χ3v) is 6.63. The first-order valence-electron chi connectivity index (χ1n) is 14.6. The molecule has 10 nitrogen and oxygen atoms in total. The molecule has 0 aromatic heterocycles. The second kappa shape index (κ2) is 22.4. The maximum atomic E-state index is 13.6. The summed E-state index contributed by atoms with van der Waals surface area (Å²) < 4.78 is 26.2. The quantitative estimate of drug-likeness (QED) is 0.0641. The molecule has 2 N–H and O–H groups in total. The molecule has 0 saturated carbocycles. The van der Waals surface area contributed by atoms with Crippen molar-refractivity contribution in [2.24, 2.45) is 0 Å². The van der Waals surface area contributed by atoms with Crippen molar-refractivity contribution < 1.29 is 48.3 Å². The van der Waals surface area contributed by atoms with E-state index in [1.165, 1.54) is 25.0 Å². The Kier molecular flexibility index (Phi) is 19.2. The molecule has 0 heterocycles. The van der Waals surface area contributed by atoms with Gasteiger partial charge in [-0.3, -0.25) is 0 Å². The number of carboxylic acids is 2. The SMILES string of the molecule is C=COCCCCOC(=O)c1c(CCCCOC=C)c(C(=O)O)c(CCCCOC=C)c(CCCCOC=C)c1C(=O)O. The van der Waals surface area contributed by atoms with Gasteiger partial charge in [0.25, 0.3) is 0 Å². The van der Waals surface area contributed by atoms with E-state index in [9.17, 15) is 24.6 Å². The van der Waals surface area contributed by atoms with Crippen molar-refractivity contribution in [1.82, 2.24) is 0 Å².